The lowest BCUT2D eigenvalue weighted by molar-refractivity contribution is 0.594. The molecule has 0 saturated heterocycles. The summed E-state index contributed by atoms with van der Waals surface area (Å²) < 4.78 is 25.8. The van der Waals surface area contributed by atoms with Gasteiger partial charge in [-0.1, -0.05) is 36.4 Å². The lowest BCUT2D eigenvalue weighted by Gasteiger charge is -2.19. The molecular weight excluding hydrogens is 234 g/mol. The van der Waals surface area contributed by atoms with Crippen LogP contribution in [0.15, 0.2) is 65.6 Å². The van der Waals surface area contributed by atoms with E-state index >= 15 is 0 Å². The van der Waals surface area contributed by atoms with Crippen molar-refractivity contribution in [1.82, 2.24) is 0 Å². The van der Waals surface area contributed by atoms with Crippen molar-refractivity contribution in [1.29, 1.82) is 0 Å². The minimum absolute atomic E-state index is 0.298. The average Bonchev–Trinajstić information content (AvgIpc) is 2.40. The van der Waals surface area contributed by atoms with Gasteiger partial charge in [-0.2, -0.15) is 0 Å². The van der Waals surface area contributed by atoms with E-state index in [2.05, 4.69) is 0 Å². The van der Waals surface area contributed by atoms with E-state index in [1.54, 1.807) is 49.5 Å². The van der Waals surface area contributed by atoms with E-state index in [0.29, 0.717) is 10.6 Å². The van der Waals surface area contributed by atoms with Crippen LogP contribution in [0.4, 0.5) is 5.69 Å². The Kier molecular flexibility index (Phi) is 3.15. The van der Waals surface area contributed by atoms with Crippen molar-refractivity contribution in [2.45, 2.75) is 4.90 Å². The average molecular weight is 247 g/mol. The van der Waals surface area contributed by atoms with Gasteiger partial charge in [0, 0.05) is 7.05 Å². The van der Waals surface area contributed by atoms with Crippen molar-refractivity contribution in [3.05, 3.63) is 60.7 Å². The molecule has 0 aliphatic carbocycles. The van der Waals surface area contributed by atoms with Crippen LogP contribution in [-0.2, 0) is 10.0 Å². The van der Waals surface area contributed by atoms with Crippen molar-refractivity contribution < 1.29 is 8.42 Å². The number of hydrogen-bond acceptors (Lipinski definition) is 2. The second-order valence-electron chi connectivity index (χ2n) is 3.62. The number of rotatable bonds is 3. The standard InChI is InChI=1S/C13H13NO2S/c1-14(12-8-4-2-5-9-12)17(15,16)13-10-6-3-7-11-13/h2-11H,1H3. The molecule has 0 aromatic heterocycles. The lowest BCUT2D eigenvalue weighted by atomic mass is 10.3. The van der Waals surface area contributed by atoms with Crippen LogP contribution in [0.1, 0.15) is 0 Å². The number of nitrogens with zero attached hydrogens (tertiary/aromatic N) is 1. The topological polar surface area (TPSA) is 37.4 Å². The molecule has 2 rings (SSSR count). The number of anilines is 1. The summed E-state index contributed by atoms with van der Waals surface area (Å²) in [5.41, 5.74) is 0.649. The molecule has 0 heterocycles. The predicted molar refractivity (Wildman–Crippen MR) is 68.5 cm³/mol. The first-order chi connectivity index (χ1) is 8.12. The van der Waals surface area contributed by atoms with Gasteiger partial charge in [0.1, 0.15) is 0 Å². The Bertz CT molecular complexity index is 579. The Morgan fingerprint density at radius 2 is 1.29 bits per heavy atom. The Hall–Kier alpha value is -1.81. The highest BCUT2D eigenvalue weighted by atomic mass is 32.2. The maximum Gasteiger partial charge on any atom is 0.264 e. The highest BCUT2D eigenvalue weighted by molar-refractivity contribution is 7.92. The first kappa shape index (κ1) is 11.7. The highest BCUT2D eigenvalue weighted by Crippen LogP contribution is 2.20. The van der Waals surface area contributed by atoms with Gasteiger partial charge >= 0.3 is 0 Å². The molecule has 0 bridgehead atoms. The molecule has 2 aromatic carbocycles. The Balaban J connectivity index is 2.41. The van der Waals surface area contributed by atoms with E-state index in [0.717, 1.165) is 0 Å². The summed E-state index contributed by atoms with van der Waals surface area (Å²) in [6.07, 6.45) is 0. The molecule has 0 N–H and O–H groups in total. The van der Waals surface area contributed by atoms with E-state index < -0.39 is 10.0 Å². The summed E-state index contributed by atoms with van der Waals surface area (Å²) in [4.78, 5) is 0.298. The first-order valence-electron chi connectivity index (χ1n) is 5.21. The van der Waals surface area contributed by atoms with Gasteiger partial charge in [-0.3, -0.25) is 4.31 Å². The van der Waals surface area contributed by atoms with E-state index in [-0.39, 0.29) is 0 Å². The zero-order valence-corrected chi connectivity index (χ0v) is 10.3. The zero-order valence-electron chi connectivity index (χ0n) is 9.45. The van der Waals surface area contributed by atoms with E-state index in [4.69, 9.17) is 0 Å². The largest absolute Gasteiger partial charge is 0.269 e. The summed E-state index contributed by atoms with van der Waals surface area (Å²) in [5.74, 6) is 0. The molecule has 0 radical (unpaired) electrons. The third-order valence-corrected chi connectivity index (χ3v) is 4.32. The van der Waals surface area contributed by atoms with Crippen molar-refractivity contribution in [2.75, 3.05) is 11.4 Å². The second-order valence-corrected chi connectivity index (χ2v) is 5.59. The molecule has 0 aliphatic rings. The molecule has 4 heteroatoms. The van der Waals surface area contributed by atoms with Gasteiger partial charge in [-0.15, -0.1) is 0 Å². The van der Waals surface area contributed by atoms with Crippen LogP contribution in [0.3, 0.4) is 0 Å². The van der Waals surface area contributed by atoms with Crippen LogP contribution in [0.2, 0.25) is 0 Å². The molecule has 88 valence electrons. The number of benzene rings is 2. The third-order valence-electron chi connectivity index (χ3n) is 2.52. The van der Waals surface area contributed by atoms with Gasteiger partial charge < -0.3 is 0 Å². The summed E-state index contributed by atoms with van der Waals surface area (Å²) >= 11 is 0. The van der Waals surface area contributed by atoms with Gasteiger partial charge in [0.15, 0.2) is 0 Å². The maximum atomic E-state index is 12.3. The van der Waals surface area contributed by atoms with Crippen LogP contribution >= 0.6 is 0 Å². The fourth-order valence-electron chi connectivity index (χ4n) is 1.53. The van der Waals surface area contributed by atoms with Crippen LogP contribution in [0.5, 0.6) is 0 Å². The molecule has 3 nitrogen and oxygen atoms in total. The molecule has 17 heavy (non-hydrogen) atoms. The smallest absolute Gasteiger partial charge is 0.264 e. The molecule has 0 unspecified atom stereocenters. The summed E-state index contributed by atoms with van der Waals surface area (Å²) in [6.45, 7) is 0. The van der Waals surface area contributed by atoms with Crippen LogP contribution in [0.25, 0.3) is 0 Å². The zero-order chi connectivity index (χ0) is 12.3. The number of para-hydroxylation sites is 1. The molecule has 2 aromatic rings. The molecule has 0 aliphatic heterocycles. The van der Waals surface area contributed by atoms with Crippen molar-refractivity contribution in [3.63, 3.8) is 0 Å². The van der Waals surface area contributed by atoms with Crippen LogP contribution in [-0.4, -0.2) is 15.5 Å². The van der Waals surface area contributed by atoms with Crippen molar-refractivity contribution >= 4 is 15.7 Å². The molecule has 0 amide bonds. The van der Waals surface area contributed by atoms with Crippen LogP contribution in [0, 0.1) is 0 Å². The Morgan fingerprint density at radius 3 is 1.82 bits per heavy atom. The predicted octanol–water partition coefficient (Wildman–Crippen LogP) is 2.51. The van der Waals surface area contributed by atoms with Gasteiger partial charge in [0.2, 0.25) is 0 Å². The summed E-state index contributed by atoms with van der Waals surface area (Å²) in [5, 5.41) is 0. The molecular formula is C13H13NO2S. The Labute approximate surface area is 101 Å². The van der Waals surface area contributed by atoms with Gasteiger partial charge in [-0.25, -0.2) is 8.42 Å². The van der Waals surface area contributed by atoms with E-state index in [1.165, 1.54) is 4.31 Å². The minimum Gasteiger partial charge on any atom is -0.269 e. The number of hydrogen-bond donors (Lipinski definition) is 0. The Morgan fingerprint density at radius 1 is 0.824 bits per heavy atom. The van der Waals surface area contributed by atoms with Gasteiger partial charge in [0.25, 0.3) is 10.0 Å². The van der Waals surface area contributed by atoms with Gasteiger partial charge in [-0.05, 0) is 24.3 Å². The molecule has 0 fully saturated rings. The quantitative estimate of drug-likeness (QED) is 0.835. The minimum atomic E-state index is -3.46. The molecule has 0 saturated carbocycles. The molecule has 0 spiro atoms. The summed E-state index contributed by atoms with van der Waals surface area (Å²) in [7, 11) is -1.91. The highest BCUT2D eigenvalue weighted by Gasteiger charge is 2.20. The first-order valence-corrected chi connectivity index (χ1v) is 6.65. The van der Waals surface area contributed by atoms with Crippen LogP contribution < -0.4 is 4.31 Å². The normalized spacial score (nSPS) is 11.1. The SMILES string of the molecule is CN(c1ccccc1)S(=O)(=O)c1ccccc1. The second kappa shape index (κ2) is 4.59. The lowest BCUT2D eigenvalue weighted by Crippen LogP contribution is -2.26. The number of sulfonamides is 1. The maximum absolute atomic E-state index is 12.3. The van der Waals surface area contributed by atoms with E-state index in [9.17, 15) is 8.42 Å². The van der Waals surface area contributed by atoms with E-state index in [1.807, 2.05) is 18.2 Å². The molecule has 0 atom stereocenters. The monoisotopic (exact) mass is 247 g/mol. The third kappa shape index (κ3) is 2.31. The summed E-state index contributed by atoms with van der Waals surface area (Å²) in [6, 6.07) is 17.4. The fraction of sp³-hybridized carbons (Fsp3) is 0.0769. The van der Waals surface area contributed by atoms with Gasteiger partial charge in [0.05, 0.1) is 10.6 Å². The van der Waals surface area contributed by atoms with Crippen molar-refractivity contribution in [2.24, 2.45) is 0 Å². The fourth-order valence-corrected chi connectivity index (χ4v) is 2.74. The van der Waals surface area contributed by atoms with Crippen molar-refractivity contribution in [3.8, 4) is 0 Å².